The Morgan fingerprint density at radius 1 is 1.31 bits per heavy atom. The van der Waals surface area contributed by atoms with Crippen LogP contribution in [-0.2, 0) is 4.79 Å². The van der Waals surface area contributed by atoms with Gasteiger partial charge in [-0.3, -0.25) is 10.1 Å². The maximum atomic E-state index is 11.8. The minimum Gasteiger partial charge on any atom is -0.353 e. The lowest BCUT2D eigenvalue weighted by molar-refractivity contribution is -0.128. The standard InChI is InChI=1S/C13H24N2O/c1-9(2)11-12(16)14-8-13(15-11)6-4-10(3)5-7-13/h9-11,15H,4-8H2,1-3H3,(H,14,16)/t10?,11-,13?/m0/s1. The Hall–Kier alpha value is -0.570. The van der Waals surface area contributed by atoms with Crippen LogP contribution in [0.3, 0.4) is 0 Å². The van der Waals surface area contributed by atoms with E-state index in [1.165, 1.54) is 25.7 Å². The molecule has 0 aromatic heterocycles. The Kier molecular flexibility index (Phi) is 3.24. The molecule has 3 heteroatoms. The van der Waals surface area contributed by atoms with Crippen molar-refractivity contribution >= 4 is 5.91 Å². The first-order chi connectivity index (χ1) is 7.52. The molecule has 1 atom stereocenters. The first kappa shape index (κ1) is 11.9. The Balaban J connectivity index is 2.04. The highest BCUT2D eigenvalue weighted by Crippen LogP contribution is 2.33. The van der Waals surface area contributed by atoms with E-state index in [1.54, 1.807) is 0 Å². The van der Waals surface area contributed by atoms with E-state index in [-0.39, 0.29) is 17.5 Å². The Morgan fingerprint density at radius 2 is 1.94 bits per heavy atom. The molecule has 1 heterocycles. The van der Waals surface area contributed by atoms with Gasteiger partial charge in [-0.25, -0.2) is 0 Å². The van der Waals surface area contributed by atoms with E-state index in [0.717, 1.165) is 12.5 Å². The van der Waals surface area contributed by atoms with Crippen molar-refractivity contribution in [1.29, 1.82) is 0 Å². The quantitative estimate of drug-likeness (QED) is 0.711. The summed E-state index contributed by atoms with van der Waals surface area (Å²) in [5.41, 5.74) is 0.190. The summed E-state index contributed by atoms with van der Waals surface area (Å²) in [5, 5.41) is 6.71. The Morgan fingerprint density at radius 3 is 2.50 bits per heavy atom. The van der Waals surface area contributed by atoms with Crippen LogP contribution in [0.4, 0.5) is 0 Å². The first-order valence-corrected chi connectivity index (χ1v) is 6.58. The van der Waals surface area contributed by atoms with Crippen LogP contribution < -0.4 is 10.6 Å². The Labute approximate surface area is 98.4 Å². The molecule has 2 rings (SSSR count). The lowest BCUT2D eigenvalue weighted by Gasteiger charge is -2.46. The summed E-state index contributed by atoms with van der Waals surface area (Å²) in [6.07, 6.45) is 4.98. The highest BCUT2D eigenvalue weighted by atomic mass is 16.2. The summed E-state index contributed by atoms with van der Waals surface area (Å²) in [5.74, 6) is 1.40. The van der Waals surface area contributed by atoms with Crippen LogP contribution in [-0.4, -0.2) is 24.0 Å². The summed E-state index contributed by atoms with van der Waals surface area (Å²) in [4.78, 5) is 11.8. The van der Waals surface area contributed by atoms with Crippen LogP contribution in [0, 0.1) is 11.8 Å². The molecule has 1 saturated heterocycles. The second-order valence-electron chi connectivity index (χ2n) is 6.05. The molecule has 0 aromatic carbocycles. The van der Waals surface area contributed by atoms with E-state index in [0.29, 0.717) is 5.92 Å². The normalized spacial score (nSPS) is 40.1. The molecule has 0 radical (unpaired) electrons. The molecule has 3 nitrogen and oxygen atoms in total. The van der Waals surface area contributed by atoms with Crippen LogP contribution in [0.1, 0.15) is 46.5 Å². The number of carbonyl (C=O) groups is 1. The third-order valence-electron chi connectivity index (χ3n) is 4.24. The van der Waals surface area contributed by atoms with Crippen molar-refractivity contribution in [3.8, 4) is 0 Å². The van der Waals surface area contributed by atoms with E-state index in [4.69, 9.17) is 0 Å². The number of carbonyl (C=O) groups excluding carboxylic acids is 1. The smallest absolute Gasteiger partial charge is 0.237 e. The second-order valence-corrected chi connectivity index (χ2v) is 6.05. The zero-order valence-corrected chi connectivity index (χ0v) is 10.7. The van der Waals surface area contributed by atoms with Gasteiger partial charge in [-0.1, -0.05) is 20.8 Å². The van der Waals surface area contributed by atoms with Gasteiger partial charge in [-0.15, -0.1) is 0 Å². The molecule has 1 aliphatic carbocycles. The van der Waals surface area contributed by atoms with Crippen molar-refractivity contribution in [2.75, 3.05) is 6.54 Å². The fourth-order valence-electron chi connectivity index (χ4n) is 2.92. The summed E-state index contributed by atoms with van der Waals surface area (Å²) < 4.78 is 0. The number of hydrogen-bond acceptors (Lipinski definition) is 2. The molecule has 2 aliphatic rings. The average molecular weight is 224 g/mol. The largest absolute Gasteiger partial charge is 0.353 e. The molecular formula is C13H24N2O. The second kappa shape index (κ2) is 4.36. The fraction of sp³-hybridized carbons (Fsp3) is 0.923. The van der Waals surface area contributed by atoms with Crippen LogP contribution in [0.15, 0.2) is 0 Å². The summed E-state index contributed by atoms with van der Waals surface area (Å²) in [7, 11) is 0. The number of rotatable bonds is 1. The highest BCUT2D eigenvalue weighted by molar-refractivity contribution is 5.83. The van der Waals surface area contributed by atoms with Crippen molar-refractivity contribution in [3.63, 3.8) is 0 Å². The van der Waals surface area contributed by atoms with Gasteiger partial charge >= 0.3 is 0 Å². The van der Waals surface area contributed by atoms with E-state index in [2.05, 4.69) is 31.4 Å². The topological polar surface area (TPSA) is 41.1 Å². The predicted octanol–water partition coefficient (Wildman–Crippen LogP) is 1.68. The maximum absolute atomic E-state index is 11.8. The average Bonchev–Trinajstić information content (AvgIpc) is 2.26. The van der Waals surface area contributed by atoms with Crippen molar-refractivity contribution in [1.82, 2.24) is 10.6 Å². The van der Waals surface area contributed by atoms with Crippen molar-refractivity contribution in [3.05, 3.63) is 0 Å². The van der Waals surface area contributed by atoms with Crippen LogP contribution in [0.25, 0.3) is 0 Å². The number of piperazine rings is 1. The van der Waals surface area contributed by atoms with Gasteiger partial charge in [0.15, 0.2) is 0 Å². The lowest BCUT2D eigenvalue weighted by atomic mass is 9.75. The van der Waals surface area contributed by atoms with Gasteiger partial charge in [0, 0.05) is 12.1 Å². The summed E-state index contributed by atoms with van der Waals surface area (Å²) in [6.45, 7) is 7.37. The zero-order valence-electron chi connectivity index (χ0n) is 10.7. The number of hydrogen-bond donors (Lipinski definition) is 2. The van der Waals surface area contributed by atoms with Crippen molar-refractivity contribution in [2.45, 2.75) is 58.0 Å². The van der Waals surface area contributed by atoms with Crippen LogP contribution in [0.2, 0.25) is 0 Å². The van der Waals surface area contributed by atoms with Crippen molar-refractivity contribution < 1.29 is 4.79 Å². The van der Waals surface area contributed by atoms with E-state index < -0.39 is 0 Å². The van der Waals surface area contributed by atoms with Gasteiger partial charge in [0.25, 0.3) is 0 Å². The van der Waals surface area contributed by atoms with Gasteiger partial charge < -0.3 is 5.32 Å². The molecule has 2 N–H and O–H groups in total. The number of amides is 1. The van der Waals surface area contributed by atoms with Gasteiger partial charge in [0.2, 0.25) is 5.91 Å². The third kappa shape index (κ3) is 2.24. The van der Waals surface area contributed by atoms with Gasteiger partial charge in [-0.2, -0.15) is 0 Å². The molecule has 0 aromatic rings. The van der Waals surface area contributed by atoms with E-state index in [9.17, 15) is 4.79 Å². The monoisotopic (exact) mass is 224 g/mol. The minimum absolute atomic E-state index is 0.00200. The van der Waals surface area contributed by atoms with Crippen LogP contribution >= 0.6 is 0 Å². The molecule has 2 fully saturated rings. The molecular weight excluding hydrogens is 200 g/mol. The lowest BCUT2D eigenvalue weighted by Crippen LogP contribution is -2.68. The molecule has 1 spiro atoms. The van der Waals surface area contributed by atoms with E-state index >= 15 is 0 Å². The fourth-order valence-corrected chi connectivity index (χ4v) is 2.92. The molecule has 0 unspecified atom stereocenters. The van der Waals surface area contributed by atoms with Crippen molar-refractivity contribution in [2.24, 2.45) is 11.8 Å². The molecule has 1 saturated carbocycles. The molecule has 0 bridgehead atoms. The minimum atomic E-state index is 0.00200. The highest BCUT2D eigenvalue weighted by Gasteiger charge is 2.42. The van der Waals surface area contributed by atoms with Gasteiger partial charge in [0.1, 0.15) is 0 Å². The summed E-state index contributed by atoms with van der Waals surface area (Å²) in [6, 6.07) is 0.00200. The molecule has 16 heavy (non-hydrogen) atoms. The molecule has 1 aliphatic heterocycles. The first-order valence-electron chi connectivity index (χ1n) is 6.58. The molecule has 1 amide bonds. The van der Waals surface area contributed by atoms with E-state index in [1.807, 2.05) is 0 Å². The van der Waals surface area contributed by atoms with Gasteiger partial charge in [-0.05, 0) is 37.5 Å². The summed E-state index contributed by atoms with van der Waals surface area (Å²) >= 11 is 0. The third-order valence-corrected chi connectivity index (χ3v) is 4.24. The SMILES string of the molecule is CC1CCC2(CC1)CNC(=O)[C@H](C(C)C)N2. The Bertz CT molecular complexity index is 267. The van der Waals surface area contributed by atoms with Gasteiger partial charge in [0.05, 0.1) is 6.04 Å². The number of nitrogens with one attached hydrogen (secondary N) is 2. The predicted molar refractivity (Wildman–Crippen MR) is 65.1 cm³/mol. The zero-order chi connectivity index (χ0) is 11.8. The maximum Gasteiger partial charge on any atom is 0.237 e. The van der Waals surface area contributed by atoms with Crippen LogP contribution in [0.5, 0.6) is 0 Å². The molecule has 92 valence electrons.